The number of nitrogens with zero attached hydrogens (tertiary/aromatic N) is 1. The fraction of sp³-hybridized carbons (Fsp3) is 0.367. The molecule has 35 heavy (non-hydrogen) atoms. The largest absolute Gasteiger partial charge is 0.509 e. The van der Waals surface area contributed by atoms with E-state index in [2.05, 4.69) is 12.1 Å². The van der Waals surface area contributed by atoms with Crippen molar-refractivity contribution in [3.8, 4) is 16.9 Å². The van der Waals surface area contributed by atoms with E-state index in [0.717, 1.165) is 77.9 Å². The summed E-state index contributed by atoms with van der Waals surface area (Å²) in [6.07, 6.45) is 2.16. The molecule has 0 amide bonds. The Morgan fingerprint density at radius 1 is 0.800 bits per heavy atom. The maximum absolute atomic E-state index is 13.0. The molecule has 0 radical (unpaired) electrons. The van der Waals surface area contributed by atoms with Crippen LogP contribution >= 0.6 is 0 Å². The molecule has 1 atom stereocenters. The Morgan fingerprint density at radius 3 is 2.11 bits per heavy atom. The fourth-order valence-corrected chi connectivity index (χ4v) is 6.26. The topological polar surface area (TPSA) is 44.8 Å². The van der Waals surface area contributed by atoms with Crippen molar-refractivity contribution in [3.63, 3.8) is 0 Å². The van der Waals surface area contributed by atoms with Crippen LogP contribution in [0.4, 0.5) is 4.79 Å². The molecule has 0 unspecified atom stereocenters. The summed E-state index contributed by atoms with van der Waals surface area (Å²) in [7, 11) is 0. The second kappa shape index (κ2) is 9.38. The van der Waals surface area contributed by atoms with Crippen LogP contribution in [-0.2, 0) is 9.47 Å². The third kappa shape index (κ3) is 4.41. The van der Waals surface area contributed by atoms with Gasteiger partial charge in [0.1, 0.15) is 12.3 Å². The van der Waals surface area contributed by atoms with Gasteiger partial charge in [0.2, 0.25) is 0 Å². The van der Waals surface area contributed by atoms with Gasteiger partial charge in [-0.2, -0.15) is 0 Å². The number of benzene rings is 3. The molecule has 3 heterocycles. The van der Waals surface area contributed by atoms with E-state index in [4.69, 9.17) is 14.2 Å². The summed E-state index contributed by atoms with van der Waals surface area (Å²) in [6.45, 7) is 4.96. The van der Waals surface area contributed by atoms with E-state index in [9.17, 15) is 4.79 Å². The maximum Gasteiger partial charge on any atom is 0.509 e. The number of rotatable bonds is 7. The third-order valence-electron chi connectivity index (χ3n) is 8.07. The Balaban J connectivity index is 1.07. The monoisotopic (exact) mass is 470 g/mol. The van der Waals surface area contributed by atoms with Crippen LogP contribution in [0.25, 0.3) is 11.1 Å². The van der Waals surface area contributed by atoms with Crippen LogP contribution in [0, 0.1) is 5.92 Å². The summed E-state index contributed by atoms with van der Waals surface area (Å²) in [5.41, 5.74) is 4.32. The molecule has 2 bridgehead atoms. The average Bonchev–Trinajstić information content (AvgIpc) is 3.21. The zero-order chi connectivity index (χ0) is 23.7. The van der Waals surface area contributed by atoms with Crippen molar-refractivity contribution in [2.75, 3.05) is 32.8 Å². The molecule has 180 valence electrons. The van der Waals surface area contributed by atoms with Crippen LogP contribution in [0.2, 0.25) is 0 Å². The number of hydrogen-bond donors (Lipinski definition) is 0. The number of carbonyl (C=O) groups is 1. The molecule has 3 fully saturated rings. The van der Waals surface area contributed by atoms with E-state index in [1.54, 1.807) is 0 Å². The zero-order valence-corrected chi connectivity index (χ0v) is 20.0. The standard InChI is InChI=1S/C30H32NO4/c32-30(35-29-26-13-6-4-11-24(26)25-12-5-7-14-27(25)29)34-28-21-31(18-15-22(28)16-19-31)17-8-20-33-23-9-2-1-3-10-23/h1-7,9-14,22,28-29H,8,15-21H2/q+1/t22?,28-,31?/m0/s1. The lowest BCUT2D eigenvalue weighted by atomic mass is 9.83. The van der Waals surface area contributed by atoms with Crippen LogP contribution in [0.3, 0.4) is 0 Å². The van der Waals surface area contributed by atoms with Crippen molar-refractivity contribution in [1.82, 2.24) is 0 Å². The van der Waals surface area contributed by atoms with Gasteiger partial charge in [0.25, 0.3) is 0 Å². The first-order valence-corrected chi connectivity index (χ1v) is 12.8. The summed E-state index contributed by atoms with van der Waals surface area (Å²) in [5, 5.41) is 0. The van der Waals surface area contributed by atoms with Gasteiger partial charge in [0.05, 0.1) is 26.2 Å². The summed E-state index contributed by atoms with van der Waals surface area (Å²) < 4.78 is 18.9. The predicted molar refractivity (Wildman–Crippen MR) is 134 cm³/mol. The Morgan fingerprint density at radius 2 is 1.43 bits per heavy atom. The van der Waals surface area contributed by atoms with E-state index in [0.29, 0.717) is 12.5 Å². The number of para-hydroxylation sites is 1. The average molecular weight is 471 g/mol. The highest BCUT2D eigenvalue weighted by Crippen LogP contribution is 2.45. The normalized spacial score (nSPS) is 24.5. The van der Waals surface area contributed by atoms with Crippen molar-refractivity contribution >= 4 is 6.16 Å². The smallest absolute Gasteiger partial charge is 0.493 e. The number of piperidine rings is 3. The van der Waals surface area contributed by atoms with E-state index in [-0.39, 0.29) is 6.10 Å². The van der Waals surface area contributed by atoms with Crippen LogP contribution in [-0.4, -0.2) is 49.5 Å². The lowest BCUT2D eigenvalue weighted by Gasteiger charge is -2.51. The van der Waals surface area contributed by atoms with E-state index in [1.807, 2.05) is 66.7 Å². The number of hydrogen-bond acceptors (Lipinski definition) is 4. The first-order chi connectivity index (χ1) is 17.2. The quantitative estimate of drug-likeness (QED) is 0.242. The second-order valence-electron chi connectivity index (χ2n) is 10.1. The molecule has 7 rings (SSSR count). The van der Waals surface area contributed by atoms with Crippen molar-refractivity contribution in [3.05, 3.63) is 90.0 Å². The number of ether oxygens (including phenoxy) is 3. The van der Waals surface area contributed by atoms with E-state index in [1.165, 1.54) is 0 Å². The van der Waals surface area contributed by atoms with Crippen molar-refractivity contribution in [2.24, 2.45) is 5.92 Å². The minimum Gasteiger partial charge on any atom is -0.493 e. The molecule has 3 aromatic rings. The Hall–Kier alpha value is -3.31. The SMILES string of the molecule is O=C(OC1c2ccccc2-c2ccccc21)O[C@H]1C[N+]2(CCCOc3ccccc3)CCC1CC2. The first kappa shape index (κ1) is 22.2. The van der Waals surface area contributed by atoms with Crippen molar-refractivity contribution in [1.29, 1.82) is 0 Å². The highest BCUT2D eigenvalue weighted by atomic mass is 16.7. The van der Waals surface area contributed by atoms with Crippen LogP contribution < -0.4 is 4.74 Å². The van der Waals surface area contributed by atoms with Gasteiger partial charge >= 0.3 is 6.16 Å². The van der Waals surface area contributed by atoms with Gasteiger partial charge in [-0.3, -0.25) is 0 Å². The lowest BCUT2D eigenvalue weighted by Crippen LogP contribution is -2.64. The molecular formula is C30H32NO4+. The molecule has 5 nitrogen and oxygen atoms in total. The first-order valence-electron chi connectivity index (χ1n) is 12.8. The molecule has 3 saturated heterocycles. The molecule has 0 aromatic heterocycles. The molecule has 0 spiro atoms. The zero-order valence-electron chi connectivity index (χ0n) is 20.0. The van der Waals surface area contributed by atoms with Crippen LogP contribution in [0.15, 0.2) is 78.9 Å². The minimum absolute atomic E-state index is 0.0769. The number of carbonyl (C=O) groups excluding carboxylic acids is 1. The highest BCUT2D eigenvalue weighted by Gasteiger charge is 2.47. The van der Waals surface area contributed by atoms with Gasteiger partial charge in [-0.25, -0.2) is 4.79 Å². The fourth-order valence-electron chi connectivity index (χ4n) is 6.26. The van der Waals surface area contributed by atoms with E-state index >= 15 is 0 Å². The Bertz CT molecular complexity index is 1140. The Kier molecular flexibility index (Phi) is 5.95. The van der Waals surface area contributed by atoms with E-state index < -0.39 is 12.3 Å². The van der Waals surface area contributed by atoms with Crippen LogP contribution in [0.1, 0.15) is 36.5 Å². The van der Waals surface area contributed by atoms with Gasteiger partial charge in [0.15, 0.2) is 12.2 Å². The van der Waals surface area contributed by atoms with Crippen LogP contribution in [0.5, 0.6) is 5.75 Å². The molecule has 3 aromatic carbocycles. The van der Waals surface area contributed by atoms with Crippen molar-refractivity contribution in [2.45, 2.75) is 31.5 Å². The molecule has 0 saturated carbocycles. The lowest BCUT2D eigenvalue weighted by molar-refractivity contribution is -0.946. The van der Waals surface area contributed by atoms with Gasteiger partial charge in [-0.15, -0.1) is 0 Å². The predicted octanol–water partition coefficient (Wildman–Crippen LogP) is 5.99. The number of fused-ring (bicyclic) bond motifs is 6. The molecule has 0 N–H and O–H groups in total. The molecule has 4 aliphatic rings. The summed E-state index contributed by atoms with van der Waals surface area (Å²) in [5.74, 6) is 1.36. The molecular weight excluding hydrogens is 438 g/mol. The molecule has 3 aliphatic heterocycles. The second-order valence-corrected chi connectivity index (χ2v) is 10.1. The molecule has 1 aliphatic carbocycles. The van der Waals surface area contributed by atoms with Gasteiger partial charge in [-0.05, 0) is 23.3 Å². The number of quaternary nitrogens is 1. The summed E-state index contributed by atoms with van der Waals surface area (Å²) in [6, 6.07) is 26.3. The Labute approximate surface area is 206 Å². The molecule has 5 heteroatoms. The van der Waals surface area contributed by atoms with Gasteiger partial charge in [-0.1, -0.05) is 66.7 Å². The maximum atomic E-state index is 13.0. The van der Waals surface area contributed by atoms with Crippen molar-refractivity contribution < 1.29 is 23.5 Å². The summed E-state index contributed by atoms with van der Waals surface area (Å²) >= 11 is 0. The third-order valence-corrected chi connectivity index (χ3v) is 8.07. The summed E-state index contributed by atoms with van der Waals surface area (Å²) in [4.78, 5) is 13.0. The highest BCUT2D eigenvalue weighted by molar-refractivity contribution is 5.79. The van der Waals surface area contributed by atoms with Gasteiger partial charge in [0, 0.05) is 36.3 Å². The van der Waals surface area contributed by atoms with Gasteiger partial charge < -0.3 is 18.7 Å². The minimum atomic E-state index is -0.550.